The third-order valence-corrected chi connectivity index (χ3v) is 0.817. The molecule has 0 bridgehead atoms. The van der Waals surface area contributed by atoms with Crippen LogP contribution in [0.3, 0.4) is 0 Å². The van der Waals surface area contributed by atoms with Crippen molar-refractivity contribution in [1.82, 2.24) is 0 Å². The van der Waals surface area contributed by atoms with Crippen LogP contribution in [0.5, 0.6) is 0 Å². The van der Waals surface area contributed by atoms with Gasteiger partial charge in [0.2, 0.25) is 6.08 Å². The third-order valence-electron chi connectivity index (χ3n) is 0.272. The van der Waals surface area contributed by atoms with Crippen LogP contribution in [-0.2, 0) is 9.53 Å². The van der Waals surface area contributed by atoms with Gasteiger partial charge in [-0.1, -0.05) is 0 Å². The van der Waals surface area contributed by atoms with Crippen molar-refractivity contribution in [3.8, 4) is 0 Å². The standard InChI is InChI=1S/C3H5NO2S/c1-6-3-7-4-2-5/h3H2,1H3. The second-order valence-corrected chi connectivity index (χ2v) is 1.39. The predicted octanol–water partition coefficient (Wildman–Crippen LogP) is 0.574. The molecule has 3 nitrogen and oxygen atoms in total. The van der Waals surface area contributed by atoms with Crippen molar-refractivity contribution in [2.45, 2.75) is 0 Å². The normalized spacial score (nSPS) is 7.57. The molecule has 0 N–H and O–H groups in total. The van der Waals surface area contributed by atoms with Gasteiger partial charge in [0.15, 0.2) is 0 Å². The lowest BCUT2D eigenvalue weighted by Gasteiger charge is -1.83. The van der Waals surface area contributed by atoms with E-state index in [1.54, 1.807) is 0 Å². The number of hydrogen-bond donors (Lipinski definition) is 0. The quantitative estimate of drug-likeness (QED) is 0.179. The second-order valence-electron chi connectivity index (χ2n) is 0.718. The van der Waals surface area contributed by atoms with Gasteiger partial charge >= 0.3 is 0 Å². The van der Waals surface area contributed by atoms with Gasteiger partial charge in [-0.05, 0) is 0 Å². The lowest BCUT2D eigenvalue weighted by atomic mass is 11.5. The topological polar surface area (TPSA) is 38.7 Å². The SMILES string of the molecule is COCSN=C=O. The molecule has 7 heavy (non-hydrogen) atoms. The van der Waals surface area contributed by atoms with E-state index in [-0.39, 0.29) is 0 Å². The molecule has 0 spiro atoms. The van der Waals surface area contributed by atoms with Gasteiger partial charge in [0.05, 0.1) is 0 Å². The highest BCUT2D eigenvalue weighted by Crippen LogP contribution is 1.96. The summed E-state index contributed by atoms with van der Waals surface area (Å²) in [7, 11) is 1.54. The van der Waals surface area contributed by atoms with Crippen LogP contribution in [0, 0.1) is 0 Å². The Morgan fingerprint density at radius 1 is 2.00 bits per heavy atom. The van der Waals surface area contributed by atoms with Gasteiger partial charge in [-0.15, -0.1) is 4.40 Å². The highest BCUT2D eigenvalue weighted by Gasteiger charge is 1.74. The van der Waals surface area contributed by atoms with E-state index in [4.69, 9.17) is 0 Å². The molecule has 4 heteroatoms. The average Bonchev–Trinajstić information content (AvgIpc) is 1.69. The number of carbonyl (C=O) groups excluding carboxylic acids is 1. The fourth-order valence-corrected chi connectivity index (χ4v) is 0.316. The van der Waals surface area contributed by atoms with Crippen molar-refractivity contribution in [1.29, 1.82) is 0 Å². The Morgan fingerprint density at radius 3 is 3.14 bits per heavy atom. The summed E-state index contributed by atoms with van der Waals surface area (Å²) in [6.45, 7) is 0. The number of methoxy groups -OCH3 is 1. The van der Waals surface area contributed by atoms with E-state index in [2.05, 4.69) is 9.13 Å². The zero-order chi connectivity index (χ0) is 5.54. The van der Waals surface area contributed by atoms with Crippen LogP contribution in [0.2, 0.25) is 0 Å². The van der Waals surface area contributed by atoms with Gasteiger partial charge in [-0.3, -0.25) is 0 Å². The van der Waals surface area contributed by atoms with Crippen molar-refractivity contribution in [3.05, 3.63) is 0 Å². The minimum Gasteiger partial charge on any atom is -0.372 e. The zero-order valence-electron chi connectivity index (χ0n) is 3.88. The van der Waals surface area contributed by atoms with Crippen LogP contribution >= 0.6 is 11.9 Å². The Kier molecular flexibility index (Phi) is 5.44. The summed E-state index contributed by atoms with van der Waals surface area (Å²) in [5.41, 5.74) is 0. The Labute approximate surface area is 45.9 Å². The van der Waals surface area contributed by atoms with Gasteiger partial charge in [-0.25, -0.2) is 4.79 Å². The van der Waals surface area contributed by atoms with Gasteiger partial charge in [0.25, 0.3) is 0 Å². The fraction of sp³-hybridized carbons (Fsp3) is 0.667. The molecule has 0 heterocycles. The van der Waals surface area contributed by atoms with E-state index in [9.17, 15) is 4.79 Å². The monoisotopic (exact) mass is 119 g/mol. The van der Waals surface area contributed by atoms with Crippen LogP contribution in [0.4, 0.5) is 0 Å². The molecule has 0 aliphatic carbocycles. The number of ether oxygens (including phenoxy) is 1. The maximum Gasteiger partial charge on any atom is 0.247 e. The number of rotatable bonds is 3. The van der Waals surface area contributed by atoms with E-state index < -0.39 is 0 Å². The van der Waals surface area contributed by atoms with Crippen molar-refractivity contribution in [2.24, 2.45) is 4.40 Å². The maximum absolute atomic E-state index is 9.31. The van der Waals surface area contributed by atoms with Crippen LogP contribution in [-0.4, -0.2) is 19.1 Å². The third kappa shape index (κ3) is 5.69. The molecule has 0 aliphatic heterocycles. The molecular formula is C3H5NO2S. The average molecular weight is 119 g/mol. The Hall–Kier alpha value is -0.310. The number of nitrogens with zero attached hydrogens (tertiary/aromatic N) is 1. The molecule has 0 saturated carbocycles. The molecule has 0 rings (SSSR count). The predicted molar refractivity (Wildman–Crippen MR) is 27.6 cm³/mol. The summed E-state index contributed by atoms with van der Waals surface area (Å²) in [5.74, 6) is 0.412. The molecular weight excluding hydrogens is 114 g/mol. The molecule has 0 amide bonds. The van der Waals surface area contributed by atoms with E-state index in [1.165, 1.54) is 13.2 Å². The van der Waals surface area contributed by atoms with Crippen molar-refractivity contribution < 1.29 is 9.53 Å². The van der Waals surface area contributed by atoms with Crippen molar-refractivity contribution in [3.63, 3.8) is 0 Å². The summed E-state index contributed by atoms with van der Waals surface area (Å²) >= 11 is 1.03. The first-order chi connectivity index (χ1) is 3.41. The first-order valence-electron chi connectivity index (χ1n) is 1.60. The molecule has 0 fully saturated rings. The van der Waals surface area contributed by atoms with Crippen LogP contribution in [0.1, 0.15) is 0 Å². The Bertz CT molecular complexity index is 79.0. The summed E-state index contributed by atoms with van der Waals surface area (Å²) in [6.07, 6.45) is 1.36. The molecule has 0 atom stereocenters. The summed E-state index contributed by atoms with van der Waals surface area (Å²) < 4.78 is 7.68. The second kappa shape index (κ2) is 5.69. The zero-order valence-corrected chi connectivity index (χ0v) is 4.70. The maximum atomic E-state index is 9.31. The summed E-state index contributed by atoms with van der Waals surface area (Å²) in [4.78, 5) is 9.31. The largest absolute Gasteiger partial charge is 0.372 e. The summed E-state index contributed by atoms with van der Waals surface area (Å²) in [6, 6.07) is 0. The lowest BCUT2D eigenvalue weighted by molar-refractivity contribution is 0.259. The van der Waals surface area contributed by atoms with Crippen molar-refractivity contribution >= 4 is 18.0 Å². The molecule has 40 valence electrons. The van der Waals surface area contributed by atoms with Gasteiger partial charge in [0.1, 0.15) is 5.94 Å². The van der Waals surface area contributed by atoms with E-state index in [1.807, 2.05) is 0 Å². The molecule has 0 aromatic heterocycles. The van der Waals surface area contributed by atoms with Gasteiger partial charge in [-0.2, -0.15) is 0 Å². The molecule has 0 aromatic rings. The van der Waals surface area contributed by atoms with Crippen molar-refractivity contribution in [2.75, 3.05) is 13.0 Å². The Morgan fingerprint density at radius 2 is 2.71 bits per heavy atom. The first-order valence-corrected chi connectivity index (χ1v) is 2.54. The minimum absolute atomic E-state index is 0.412. The molecule has 0 aliphatic rings. The first kappa shape index (κ1) is 6.69. The van der Waals surface area contributed by atoms with Crippen LogP contribution in [0.15, 0.2) is 4.40 Å². The Balaban J connectivity index is 2.83. The van der Waals surface area contributed by atoms with E-state index in [0.29, 0.717) is 5.94 Å². The lowest BCUT2D eigenvalue weighted by Crippen LogP contribution is -1.75. The van der Waals surface area contributed by atoms with Crippen LogP contribution in [0.25, 0.3) is 0 Å². The molecule has 0 radical (unpaired) electrons. The highest BCUT2D eigenvalue weighted by molar-refractivity contribution is 7.97. The minimum atomic E-state index is 0.412. The van der Waals surface area contributed by atoms with E-state index in [0.717, 1.165) is 11.9 Å². The molecule has 0 unspecified atom stereocenters. The number of hydrogen-bond acceptors (Lipinski definition) is 4. The highest BCUT2D eigenvalue weighted by atomic mass is 32.2. The summed E-state index contributed by atoms with van der Waals surface area (Å²) in [5, 5.41) is 0. The van der Waals surface area contributed by atoms with E-state index >= 15 is 0 Å². The number of isocyanates is 1. The van der Waals surface area contributed by atoms with Gasteiger partial charge < -0.3 is 4.74 Å². The smallest absolute Gasteiger partial charge is 0.247 e. The fourth-order valence-electron chi connectivity index (χ4n) is 0.105. The van der Waals surface area contributed by atoms with Crippen LogP contribution < -0.4 is 0 Å². The molecule has 0 aromatic carbocycles. The van der Waals surface area contributed by atoms with Gasteiger partial charge in [0, 0.05) is 19.1 Å². The molecule has 0 saturated heterocycles.